The summed E-state index contributed by atoms with van der Waals surface area (Å²) in [5.74, 6) is 0.726. The quantitative estimate of drug-likeness (QED) is 0.615. The van der Waals surface area contributed by atoms with Crippen molar-refractivity contribution in [2.45, 2.75) is 57.5 Å². The summed E-state index contributed by atoms with van der Waals surface area (Å²) < 4.78 is 0. The molecule has 13 heavy (non-hydrogen) atoms. The van der Waals surface area contributed by atoms with Crippen LogP contribution in [-0.4, -0.2) is 11.2 Å². The third-order valence-electron chi connectivity index (χ3n) is 3.52. The van der Waals surface area contributed by atoms with E-state index < -0.39 is 0 Å². The van der Waals surface area contributed by atoms with Gasteiger partial charge < -0.3 is 5.11 Å². The number of hydrogen-bond acceptors (Lipinski definition) is 1. The van der Waals surface area contributed by atoms with Crippen LogP contribution in [0.5, 0.6) is 0 Å². The largest absolute Gasteiger partial charge is 0.389 e. The average Bonchev–Trinajstić information content (AvgIpc) is 2.20. The Hall–Kier alpha value is -0.300. The van der Waals surface area contributed by atoms with E-state index in [1.807, 2.05) is 0 Å². The van der Waals surface area contributed by atoms with Crippen molar-refractivity contribution in [3.8, 4) is 0 Å². The molecule has 74 valence electrons. The lowest BCUT2D eigenvalue weighted by atomic mass is 9.78. The first-order valence-electron chi connectivity index (χ1n) is 5.76. The predicted octanol–water partition coefficient (Wildman–Crippen LogP) is 3.04. The van der Waals surface area contributed by atoms with Crippen LogP contribution in [0.2, 0.25) is 0 Å². The molecular formula is C12H20O. The van der Waals surface area contributed by atoms with Gasteiger partial charge in [0.1, 0.15) is 0 Å². The molecule has 0 radical (unpaired) electrons. The number of aliphatic hydroxyl groups excluding tert-OH is 1. The number of aliphatic hydroxyl groups is 1. The van der Waals surface area contributed by atoms with Gasteiger partial charge in [0, 0.05) is 0 Å². The molecule has 0 saturated heterocycles. The molecule has 2 rings (SSSR count). The Morgan fingerprint density at radius 1 is 1.00 bits per heavy atom. The fourth-order valence-electron chi connectivity index (χ4n) is 2.76. The smallest absolute Gasteiger partial charge is 0.0752 e. The van der Waals surface area contributed by atoms with E-state index in [-0.39, 0.29) is 6.10 Å². The highest BCUT2D eigenvalue weighted by Crippen LogP contribution is 2.34. The zero-order valence-corrected chi connectivity index (χ0v) is 8.34. The SMILES string of the molecule is OC1CCCC=C1C1CCCCC1. The number of allylic oxidation sites excluding steroid dienone is 1. The summed E-state index contributed by atoms with van der Waals surface area (Å²) in [5.41, 5.74) is 1.38. The van der Waals surface area contributed by atoms with Gasteiger partial charge in [0.25, 0.3) is 0 Å². The maximum Gasteiger partial charge on any atom is 0.0752 e. The molecule has 0 spiro atoms. The molecular weight excluding hydrogens is 160 g/mol. The summed E-state index contributed by atoms with van der Waals surface area (Å²) in [6.45, 7) is 0. The lowest BCUT2D eigenvalue weighted by Gasteiger charge is -2.30. The number of rotatable bonds is 1. The first-order chi connectivity index (χ1) is 6.38. The Kier molecular flexibility index (Phi) is 3.05. The summed E-state index contributed by atoms with van der Waals surface area (Å²) in [6, 6.07) is 0. The van der Waals surface area contributed by atoms with E-state index in [9.17, 15) is 5.11 Å². The van der Waals surface area contributed by atoms with Crippen molar-refractivity contribution < 1.29 is 5.11 Å². The van der Waals surface area contributed by atoms with Crippen LogP contribution in [-0.2, 0) is 0 Å². The van der Waals surface area contributed by atoms with Gasteiger partial charge in [-0.2, -0.15) is 0 Å². The van der Waals surface area contributed by atoms with Crippen molar-refractivity contribution in [3.63, 3.8) is 0 Å². The molecule has 0 amide bonds. The van der Waals surface area contributed by atoms with Crippen molar-refractivity contribution in [3.05, 3.63) is 11.6 Å². The summed E-state index contributed by atoms with van der Waals surface area (Å²) in [4.78, 5) is 0. The van der Waals surface area contributed by atoms with Crippen molar-refractivity contribution in [1.82, 2.24) is 0 Å². The molecule has 1 nitrogen and oxygen atoms in total. The predicted molar refractivity (Wildman–Crippen MR) is 54.5 cm³/mol. The minimum Gasteiger partial charge on any atom is -0.389 e. The molecule has 0 heterocycles. The van der Waals surface area contributed by atoms with Gasteiger partial charge in [0.05, 0.1) is 6.10 Å². The highest BCUT2D eigenvalue weighted by Gasteiger charge is 2.24. The average molecular weight is 180 g/mol. The summed E-state index contributed by atoms with van der Waals surface area (Å²) in [6.07, 6.45) is 12.4. The molecule has 0 aromatic carbocycles. The van der Waals surface area contributed by atoms with Crippen molar-refractivity contribution in [2.24, 2.45) is 5.92 Å². The molecule has 1 saturated carbocycles. The Morgan fingerprint density at radius 2 is 1.77 bits per heavy atom. The minimum atomic E-state index is -0.100. The lowest BCUT2D eigenvalue weighted by Crippen LogP contribution is -2.22. The molecule has 0 bridgehead atoms. The second-order valence-electron chi connectivity index (χ2n) is 4.49. The van der Waals surface area contributed by atoms with Gasteiger partial charge in [0.2, 0.25) is 0 Å². The van der Waals surface area contributed by atoms with E-state index in [0.29, 0.717) is 0 Å². The number of hydrogen-bond donors (Lipinski definition) is 1. The van der Waals surface area contributed by atoms with Crippen LogP contribution in [0.4, 0.5) is 0 Å². The van der Waals surface area contributed by atoms with E-state index in [2.05, 4.69) is 6.08 Å². The fourth-order valence-corrected chi connectivity index (χ4v) is 2.76. The molecule has 0 aliphatic heterocycles. The third kappa shape index (κ3) is 2.14. The van der Waals surface area contributed by atoms with E-state index >= 15 is 0 Å². The lowest BCUT2D eigenvalue weighted by molar-refractivity contribution is 0.169. The standard InChI is InChI=1S/C12H20O/c13-12-9-5-4-8-11(12)10-6-2-1-3-7-10/h8,10,12-13H,1-7,9H2. The van der Waals surface area contributed by atoms with E-state index in [1.165, 1.54) is 50.5 Å². The van der Waals surface area contributed by atoms with Crippen molar-refractivity contribution >= 4 is 0 Å². The zero-order chi connectivity index (χ0) is 9.10. The van der Waals surface area contributed by atoms with Gasteiger partial charge in [-0.1, -0.05) is 25.3 Å². The van der Waals surface area contributed by atoms with Gasteiger partial charge in [-0.25, -0.2) is 0 Å². The Balaban J connectivity index is 2.00. The van der Waals surface area contributed by atoms with E-state index in [1.54, 1.807) is 0 Å². The highest BCUT2D eigenvalue weighted by molar-refractivity contribution is 5.15. The van der Waals surface area contributed by atoms with Gasteiger partial charge in [0.15, 0.2) is 0 Å². The second-order valence-corrected chi connectivity index (χ2v) is 4.49. The Morgan fingerprint density at radius 3 is 2.46 bits per heavy atom. The summed E-state index contributed by atoms with van der Waals surface area (Å²) >= 11 is 0. The van der Waals surface area contributed by atoms with Crippen LogP contribution in [0.15, 0.2) is 11.6 Å². The van der Waals surface area contributed by atoms with E-state index in [0.717, 1.165) is 12.3 Å². The van der Waals surface area contributed by atoms with Crippen LogP contribution in [0, 0.1) is 5.92 Å². The first-order valence-corrected chi connectivity index (χ1v) is 5.76. The first kappa shape index (κ1) is 9.26. The maximum absolute atomic E-state index is 9.85. The normalized spacial score (nSPS) is 31.5. The van der Waals surface area contributed by atoms with Crippen LogP contribution in [0.3, 0.4) is 0 Å². The van der Waals surface area contributed by atoms with Crippen LogP contribution < -0.4 is 0 Å². The molecule has 1 N–H and O–H groups in total. The van der Waals surface area contributed by atoms with Crippen LogP contribution in [0.25, 0.3) is 0 Å². The van der Waals surface area contributed by atoms with Crippen molar-refractivity contribution in [1.29, 1.82) is 0 Å². The highest BCUT2D eigenvalue weighted by atomic mass is 16.3. The van der Waals surface area contributed by atoms with Crippen LogP contribution >= 0.6 is 0 Å². The molecule has 2 aliphatic carbocycles. The minimum absolute atomic E-state index is 0.100. The Bertz CT molecular complexity index is 189. The second kappa shape index (κ2) is 4.28. The van der Waals surface area contributed by atoms with Gasteiger partial charge in [-0.3, -0.25) is 0 Å². The summed E-state index contributed by atoms with van der Waals surface area (Å²) in [5, 5.41) is 9.85. The van der Waals surface area contributed by atoms with E-state index in [4.69, 9.17) is 0 Å². The molecule has 0 aromatic rings. The monoisotopic (exact) mass is 180 g/mol. The third-order valence-corrected chi connectivity index (χ3v) is 3.52. The molecule has 1 heteroatoms. The maximum atomic E-state index is 9.85. The molecule has 0 aromatic heterocycles. The molecule has 1 unspecified atom stereocenters. The molecule has 1 atom stereocenters. The van der Waals surface area contributed by atoms with Crippen LogP contribution in [0.1, 0.15) is 51.4 Å². The topological polar surface area (TPSA) is 20.2 Å². The fraction of sp³-hybridized carbons (Fsp3) is 0.833. The van der Waals surface area contributed by atoms with Gasteiger partial charge in [-0.05, 0) is 43.6 Å². The van der Waals surface area contributed by atoms with Crippen molar-refractivity contribution in [2.75, 3.05) is 0 Å². The molecule has 1 fully saturated rings. The zero-order valence-electron chi connectivity index (χ0n) is 8.34. The van der Waals surface area contributed by atoms with Gasteiger partial charge in [-0.15, -0.1) is 0 Å². The van der Waals surface area contributed by atoms with Gasteiger partial charge >= 0.3 is 0 Å². The summed E-state index contributed by atoms with van der Waals surface area (Å²) in [7, 11) is 0. The Labute approximate surface area is 80.8 Å². The molecule has 2 aliphatic rings.